The summed E-state index contributed by atoms with van der Waals surface area (Å²) in [6.45, 7) is 10.9. The molecular formula is C47H62N4O3. The van der Waals surface area contributed by atoms with E-state index in [-0.39, 0.29) is 5.78 Å². The first-order valence-electron chi connectivity index (χ1n) is 20.0. The molecule has 4 aromatic rings. The van der Waals surface area contributed by atoms with Gasteiger partial charge >= 0.3 is 0 Å². The summed E-state index contributed by atoms with van der Waals surface area (Å²) in [4.78, 5) is 26.0. The third-order valence-electron chi connectivity index (χ3n) is 12.6. The SMILES string of the molecule is CCC(Cc1ccccc1)(C(C(=O)C(c1ccc(N2CCOCC2)cc1)C(CC)(Cc1ccccc1)N(C)C)c1ccc(N2CCOCC2)cc1)N(C)C. The van der Waals surface area contributed by atoms with E-state index in [2.05, 4.69) is 171 Å². The minimum Gasteiger partial charge on any atom is -0.378 e. The molecule has 288 valence electrons. The van der Waals surface area contributed by atoms with Crippen molar-refractivity contribution >= 4 is 17.2 Å². The number of ether oxygens (including phenoxy) is 2. The van der Waals surface area contributed by atoms with Crippen molar-refractivity contribution < 1.29 is 14.3 Å². The van der Waals surface area contributed by atoms with E-state index in [1.807, 2.05) is 0 Å². The molecule has 7 nitrogen and oxygen atoms in total. The summed E-state index contributed by atoms with van der Waals surface area (Å²) in [5.41, 5.74) is 5.98. The van der Waals surface area contributed by atoms with Crippen molar-refractivity contribution in [2.75, 3.05) is 90.6 Å². The lowest BCUT2D eigenvalue weighted by Gasteiger charge is -2.51. The van der Waals surface area contributed by atoms with E-state index >= 15 is 4.79 Å². The van der Waals surface area contributed by atoms with Gasteiger partial charge in [0, 0.05) is 48.6 Å². The molecule has 0 N–H and O–H groups in total. The number of hydrogen-bond acceptors (Lipinski definition) is 7. The van der Waals surface area contributed by atoms with Crippen molar-refractivity contribution in [2.45, 2.75) is 62.4 Å². The third-order valence-corrected chi connectivity index (χ3v) is 12.6. The summed E-state index contributed by atoms with van der Waals surface area (Å²) in [5.74, 6) is -0.560. The zero-order valence-electron chi connectivity index (χ0n) is 33.5. The van der Waals surface area contributed by atoms with Gasteiger partial charge in [0.1, 0.15) is 0 Å². The highest BCUT2D eigenvalue weighted by Gasteiger charge is 2.52. The number of ketones is 1. The van der Waals surface area contributed by atoms with Crippen LogP contribution in [0.25, 0.3) is 0 Å². The number of hydrogen-bond donors (Lipinski definition) is 0. The second-order valence-electron chi connectivity index (χ2n) is 15.7. The van der Waals surface area contributed by atoms with Crippen molar-refractivity contribution in [3.05, 3.63) is 131 Å². The van der Waals surface area contributed by atoms with Crippen LogP contribution in [-0.4, -0.2) is 107 Å². The van der Waals surface area contributed by atoms with Crippen LogP contribution in [0, 0.1) is 0 Å². The van der Waals surface area contributed by atoms with Gasteiger partial charge in [-0.25, -0.2) is 0 Å². The molecule has 0 bridgehead atoms. The highest BCUT2D eigenvalue weighted by atomic mass is 16.5. The van der Waals surface area contributed by atoms with Crippen LogP contribution in [0.1, 0.15) is 60.8 Å². The van der Waals surface area contributed by atoms with E-state index in [1.54, 1.807) is 0 Å². The molecule has 0 saturated carbocycles. The maximum absolute atomic E-state index is 16.5. The molecule has 6 rings (SSSR count). The van der Waals surface area contributed by atoms with Gasteiger partial charge in [-0.3, -0.25) is 4.79 Å². The first-order valence-corrected chi connectivity index (χ1v) is 20.0. The number of rotatable bonds is 16. The highest BCUT2D eigenvalue weighted by molar-refractivity contribution is 5.95. The van der Waals surface area contributed by atoms with Gasteiger partial charge in [-0.1, -0.05) is 98.8 Å². The lowest BCUT2D eigenvalue weighted by Crippen LogP contribution is -2.58. The molecule has 4 atom stereocenters. The molecule has 2 saturated heterocycles. The summed E-state index contributed by atoms with van der Waals surface area (Å²) >= 11 is 0. The van der Waals surface area contributed by atoms with E-state index < -0.39 is 22.9 Å². The van der Waals surface area contributed by atoms with Gasteiger partial charge < -0.3 is 29.1 Å². The molecule has 2 aliphatic rings. The van der Waals surface area contributed by atoms with Gasteiger partial charge in [-0.2, -0.15) is 0 Å². The number of likely N-dealkylation sites (N-methyl/N-ethyl adjacent to an activating group) is 2. The van der Waals surface area contributed by atoms with E-state index in [0.29, 0.717) is 0 Å². The van der Waals surface area contributed by atoms with Gasteiger partial charge in [0.15, 0.2) is 5.78 Å². The monoisotopic (exact) mass is 730 g/mol. The maximum atomic E-state index is 16.5. The molecule has 2 heterocycles. The topological polar surface area (TPSA) is 48.5 Å². The Hall–Kier alpha value is -4.01. The van der Waals surface area contributed by atoms with Crippen LogP contribution in [-0.2, 0) is 27.1 Å². The van der Waals surface area contributed by atoms with Crippen LogP contribution in [0.3, 0.4) is 0 Å². The molecular weight excluding hydrogens is 669 g/mol. The maximum Gasteiger partial charge on any atom is 0.151 e. The van der Waals surface area contributed by atoms with Crippen molar-refractivity contribution in [3.63, 3.8) is 0 Å². The Morgan fingerprint density at radius 3 is 1.19 bits per heavy atom. The number of anilines is 2. The van der Waals surface area contributed by atoms with Gasteiger partial charge in [0.05, 0.1) is 38.3 Å². The van der Waals surface area contributed by atoms with Crippen molar-refractivity contribution in [1.82, 2.24) is 9.80 Å². The Morgan fingerprint density at radius 1 is 0.556 bits per heavy atom. The number of nitrogens with zero attached hydrogens (tertiary/aromatic N) is 4. The fraction of sp³-hybridized carbons (Fsp3) is 0.468. The summed E-state index contributed by atoms with van der Waals surface area (Å²) in [7, 11) is 8.68. The molecule has 2 aliphatic heterocycles. The first-order chi connectivity index (χ1) is 26.2. The van der Waals surface area contributed by atoms with Crippen LogP contribution in [0.15, 0.2) is 109 Å². The minimum atomic E-state index is -0.497. The smallest absolute Gasteiger partial charge is 0.151 e. The van der Waals surface area contributed by atoms with Crippen molar-refractivity contribution in [3.8, 4) is 0 Å². The van der Waals surface area contributed by atoms with Gasteiger partial charge in [-0.15, -0.1) is 0 Å². The van der Waals surface area contributed by atoms with Crippen molar-refractivity contribution in [2.24, 2.45) is 0 Å². The standard InChI is InChI=1S/C47H62N4O3/c1-7-46(48(3)4,35-37-15-11-9-12-16-37)43(39-19-23-41(24-20-39)50-27-31-53-32-28-50)45(52)44(40-21-25-42(26-22-40)51-29-33-54-34-30-51)47(8-2,49(5)6)36-38-17-13-10-14-18-38/h9-26,43-44H,7-8,27-36H2,1-6H3. The van der Waals surface area contributed by atoms with E-state index in [1.165, 1.54) is 22.5 Å². The predicted molar refractivity (Wildman–Crippen MR) is 223 cm³/mol. The van der Waals surface area contributed by atoms with Gasteiger partial charge in [0.25, 0.3) is 0 Å². The summed E-state index contributed by atoms with van der Waals surface area (Å²) in [6, 6.07) is 39.4. The van der Waals surface area contributed by atoms with Crippen LogP contribution in [0.5, 0.6) is 0 Å². The molecule has 54 heavy (non-hydrogen) atoms. The van der Waals surface area contributed by atoms with E-state index in [0.717, 1.165) is 89.4 Å². The zero-order valence-corrected chi connectivity index (χ0v) is 33.5. The molecule has 2 fully saturated rings. The lowest BCUT2D eigenvalue weighted by atomic mass is 9.62. The zero-order chi connectivity index (χ0) is 38.1. The average molecular weight is 731 g/mol. The highest BCUT2D eigenvalue weighted by Crippen LogP contribution is 2.48. The second kappa shape index (κ2) is 18.1. The third kappa shape index (κ3) is 8.45. The predicted octanol–water partition coefficient (Wildman–Crippen LogP) is 7.70. The molecule has 7 heteroatoms. The van der Waals surface area contributed by atoms with Gasteiger partial charge in [-0.05, 0) is 100 Å². The summed E-state index contributed by atoms with van der Waals surface area (Å²) in [6.07, 6.45) is 3.11. The number of carbonyl (C=O) groups is 1. The first kappa shape index (κ1) is 39.7. The largest absolute Gasteiger partial charge is 0.378 e. The van der Waals surface area contributed by atoms with Crippen LogP contribution in [0.2, 0.25) is 0 Å². The number of benzene rings is 4. The number of carbonyl (C=O) groups excluding carboxylic acids is 1. The van der Waals surface area contributed by atoms with Crippen LogP contribution < -0.4 is 9.80 Å². The summed E-state index contributed by atoms with van der Waals surface area (Å²) < 4.78 is 11.3. The lowest BCUT2D eigenvalue weighted by molar-refractivity contribution is -0.129. The van der Waals surface area contributed by atoms with E-state index in [4.69, 9.17) is 9.47 Å². The quantitative estimate of drug-likeness (QED) is 0.117. The molecule has 4 unspecified atom stereocenters. The molecule has 0 amide bonds. The fourth-order valence-electron chi connectivity index (χ4n) is 9.27. The molecule has 4 aromatic carbocycles. The van der Waals surface area contributed by atoms with Crippen molar-refractivity contribution in [1.29, 1.82) is 0 Å². The fourth-order valence-corrected chi connectivity index (χ4v) is 9.27. The second-order valence-corrected chi connectivity index (χ2v) is 15.7. The summed E-state index contributed by atoms with van der Waals surface area (Å²) in [5, 5.41) is 0. The molecule has 0 aromatic heterocycles. The average Bonchev–Trinajstić information content (AvgIpc) is 3.22. The normalized spacial score (nSPS) is 18.6. The molecule has 0 radical (unpaired) electrons. The Kier molecular flexibility index (Phi) is 13.3. The Balaban J connectivity index is 1.54. The Bertz CT molecular complexity index is 1610. The molecule has 0 spiro atoms. The van der Waals surface area contributed by atoms with Gasteiger partial charge in [0.2, 0.25) is 0 Å². The van der Waals surface area contributed by atoms with E-state index in [9.17, 15) is 0 Å². The van der Waals surface area contributed by atoms with Crippen LogP contribution in [0.4, 0.5) is 11.4 Å². The minimum absolute atomic E-state index is 0.270. The Morgan fingerprint density at radius 2 is 0.889 bits per heavy atom. The number of Topliss-reactive ketones (excluding diaryl/α,β-unsaturated/α-hetero) is 1. The number of morpholine rings is 2. The molecule has 0 aliphatic carbocycles. The van der Waals surface area contributed by atoms with Crippen LogP contribution >= 0.6 is 0 Å². The Labute approximate surface area is 324 Å².